The molecule has 82 heavy (non-hydrogen) atoms. The summed E-state index contributed by atoms with van der Waals surface area (Å²) in [5.41, 5.74) is 0. The summed E-state index contributed by atoms with van der Waals surface area (Å²) in [6.07, 6.45) is 93.4. The molecule has 0 spiro atoms. The van der Waals surface area contributed by atoms with Gasteiger partial charge in [0, 0.05) is 19.3 Å². The first kappa shape index (κ1) is 78.6. The third-order valence-electron chi connectivity index (χ3n) is 15.6. The molecule has 0 aliphatic rings. The molecule has 0 rings (SSSR count). The Labute approximate surface area is 509 Å². The maximum absolute atomic E-state index is 12.9. The van der Waals surface area contributed by atoms with Gasteiger partial charge in [-0.15, -0.1) is 0 Å². The second kappa shape index (κ2) is 70.1. The summed E-state index contributed by atoms with van der Waals surface area (Å²) in [7, 11) is 0. The number of rotatable bonds is 65. The van der Waals surface area contributed by atoms with E-state index in [4.69, 9.17) is 14.2 Å². The molecule has 0 aromatic heterocycles. The molecule has 0 bridgehead atoms. The van der Waals surface area contributed by atoms with E-state index in [0.717, 1.165) is 109 Å². The maximum Gasteiger partial charge on any atom is 0.306 e. The molecule has 0 saturated carbocycles. The highest BCUT2D eigenvalue weighted by Gasteiger charge is 2.19. The van der Waals surface area contributed by atoms with Gasteiger partial charge >= 0.3 is 17.9 Å². The van der Waals surface area contributed by atoms with Crippen molar-refractivity contribution in [2.45, 2.75) is 367 Å². The Balaban J connectivity index is 4.24. The Hall–Kier alpha value is -3.41. The number of carbonyl (C=O) groups excluding carboxylic acids is 3. The molecule has 1 unspecified atom stereocenters. The van der Waals surface area contributed by atoms with E-state index in [9.17, 15) is 14.4 Å². The summed E-state index contributed by atoms with van der Waals surface area (Å²) in [6, 6.07) is 0. The molecule has 0 N–H and O–H groups in total. The topological polar surface area (TPSA) is 78.9 Å². The van der Waals surface area contributed by atoms with Crippen LogP contribution >= 0.6 is 0 Å². The van der Waals surface area contributed by atoms with Gasteiger partial charge in [-0.2, -0.15) is 0 Å². The van der Waals surface area contributed by atoms with Gasteiger partial charge in [-0.3, -0.25) is 14.4 Å². The van der Waals surface area contributed by atoms with Gasteiger partial charge in [0.1, 0.15) is 13.2 Å². The first-order chi connectivity index (χ1) is 40.5. The number of unbranched alkanes of at least 4 members (excludes halogenated alkanes) is 40. The molecule has 0 saturated heterocycles. The van der Waals surface area contributed by atoms with E-state index in [0.29, 0.717) is 19.3 Å². The molecule has 0 heterocycles. The van der Waals surface area contributed by atoms with Crippen LogP contribution in [0.2, 0.25) is 0 Å². The first-order valence-electron chi connectivity index (χ1n) is 35.6. The van der Waals surface area contributed by atoms with Gasteiger partial charge in [0.05, 0.1) is 0 Å². The number of carbonyl (C=O) groups is 3. The zero-order valence-corrected chi connectivity index (χ0v) is 54.5. The minimum atomic E-state index is -0.792. The van der Waals surface area contributed by atoms with E-state index in [2.05, 4.69) is 106 Å². The zero-order valence-electron chi connectivity index (χ0n) is 54.5. The van der Waals surface area contributed by atoms with Crippen molar-refractivity contribution in [2.75, 3.05) is 13.2 Å². The van der Waals surface area contributed by atoms with Crippen molar-refractivity contribution in [3.05, 3.63) is 85.1 Å². The molecule has 6 nitrogen and oxygen atoms in total. The summed E-state index contributed by atoms with van der Waals surface area (Å²) in [4.78, 5) is 38.4. The summed E-state index contributed by atoms with van der Waals surface area (Å²) < 4.78 is 17.0. The van der Waals surface area contributed by atoms with E-state index < -0.39 is 6.10 Å². The van der Waals surface area contributed by atoms with Crippen LogP contribution in [0.25, 0.3) is 0 Å². The van der Waals surface area contributed by atoms with Crippen LogP contribution in [0.4, 0.5) is 0 Å². The van der Waals surface area contributed by atoms with Gasteiger partial charge in [-0.05, 0) is 89.9 Å². The lowest BCUT2D eigenvalue weighted by Crippen LogP contribution is -2.30. The quantitative estimate of drug-likeness (QED) is 0.0261. The predicted molar refractivity (Wildman–Crippen MR) is 358 cm³/mol. The highest BCUT2D eigenvalue weighted by atomic mass is 16.6. The van der Waals surface area contributed by atoms with Crippen LogP contribution in [0.3, 0.4) is 0 Å². The minimum Gasteiger partial charge on any atom is -0.462 e. The van der Waals surface area contributed by atoms with E-state index >= 15 is 0 Å². The first-order valence-corrected chi connectivity index (χ1v) is 35.6. The Morgan fingerprint density at radius 3 is 0.756 bits per heavy atom. The van der Waals surface area contributed by atoms with Gasteiger partial charge in [-0.1, -0.05) is 337 Å². The molecular formula is C76H134O6. The van der Waals surface area contributed by atoms with Crippen LogP contribution in [0.1, 0.15) is 361 Å². The van der Waals surface area contributed by atoms with Crippen LogP contribution in [0.15, 0.2) is 85.1 Å². The number of allylic oxidation sites excluding steroid dienone is 14. The fourth-order valence-corrected chi connectivity index (χ4v) is 10.4. The van der Waals surface area contributed by atoms with E-state index in [1.807, 2.05) is 0 Å². The third-order valence-corrected chi connectivity index (χ3v) is 15.6. The smallest absolute Gasteiger partial charge is 0.306 e. The van der Waals surface area contributed by atoms with Crippen LogP contribution < -0.4 is 0 Å². The second-order valence-corrected chi connectivity index (χ2v) is 23.7. The van der Waals surface area contributed by atoms with Gasteiger partial charge in [0.2, 0.25) is 0 Å². The standard InChI is InChI=1S/C76H134O6/c1-4-7-10-13-16-19-22-25-27-29-31-33-35-36-37-38-39-41-42-44-46-48-51-54-57-60-63-66-69-75(78)81-72-73(71-80-74(77)68-65-62-59-56-53-50-24-21-18-15-12-9-6-3)82-76(79)70-67-64-61-58-55-52-49-47-45-43-40-34-32-30-28-26-23-20-17-14-11-8-5-2/h8-9,11-12,17-18,20-21,26,28,32,34,50,53,73H,4-7,10,13-16,19,22-25,27,29-31,33,35-49,51-52,54-72H2,1-3H3/b11-8-,12-9-,20-17-,21-18-,28-26-,34-32-,53-50-. The predicted octanol–water partition coefficient (Wildman–Crippen LogP) is 24.6. The zero-order chi connectivity index (χ0) is 59.2. The summed E-state index contributed by atoms with van der Waals surface area (Å²) in [5, 5.41) is 0. The molecule has 0 fully saturated rings. The van der Waals surface area contributed by atoms with Gasteiger partial charge in [-0.25, -0.2) is 0 Å². The van der Waals surface area contributed by atoms with Gasteiger partial charge < -0.3 is 14.2 Å². The van der Waals surface area contributed by atoms with Crippen LogP contribution in [-0.4, -0.2) is 37.2 Å². The maximum atomic E-state index is 12.9. The SMILES string of the molecule is CC/C=C\C/C=C\C/C=C\C/C=C\CCCCCCCCCCCCC(=O)OC(COC(=O)CCCCC/C=C\C/C=C\C/C=C\CC)COC(=O)CCCCCCCCCCCCCCCCCCCCCCCCCCCCCC. The molecule has 0 aromatic carbocycles. The molecule has 0 aliphatic carbocycles. The van der Waals surface area contributed by atoms with Gasteiger partial charge in [0.15, 0.2) is 6.10 Å². The molecule has 0 radical (unpaired) electrons. The van der Waals surface area contributed by atoms with E-state index in [1.165, 1.54) is 212 Å². The van der Waals surface area contributed by atoms with Crippen LogP contribution in [0.5, 0.6) is 0 Å². The summed E-state index contributed by atoms with van der Waals surface area (Å²) in [6.45, 7) is 6.44. The lowest BCUT2D eigenvalue weighted by Gasteiger charge is -2.18. The van der Waals surface area contributed by atoms with Crippen molar-refractivity contribution < 1.29 is 28.6 Å². The van der Waals surface area contributed by atoms with Crippen LogP contribution in [-0.2, 0) is 28.6 Å². The average molecular weight is 1140 g/mol. The normalized spacial score (nSPS) is 12.6. The molecule has 0 aliphatic heterocycles. The molecule has 0 aromatic rings. The highest BCUT2D eigenvalue weighted by molar-refractivity contribution is 5.71. The monoisotopic (exact) mass is 1140 g/mol. The number of esters is 3. The molecule has 6 heteroatoms. The lowest BCUT2D eigenvalue weighted by atomic mass is 10.0. The number of hydrogen-bond donors (Lipinski definition) is 0. The highest BCUT2D eigenvalue weighted by Crippen LogP contribution is 2.18. The number of hydrogen-bond acceptors (Lipinski definition) is 6. The largest absolute Gasteiger partial charge is 0.462 e. The Bertz CT molecular complexity index is 1550. The van der Waals surface area contributed by atoms with Crippen molar-refractivity contribution in [1.29, 1.82) is 0 Å². The fraction of sp³-hybridized carbons (Fsp3) is 0.776. The average Bonchev–Trinajstić information content (AvgIpc) is 3.47. The molecule has 0 amide bonds. The van der Waals surface area contributed by atoms with Crippen molar-refractivity contribution in [2.24, 2.45) is 0 Å². The van der Waals surface area contributed by atoms with Gasteiger partial charge in [0.25, 0.3) is 0 Å². The Morgan fingerprint density at radius 1 is 0.256 bits per heavy atom. The molecule has 1 atom stereocenters. The minimum absolute atomic E-state index is 0.0845. The van der Waals surface area contributed by atoms with Crippen molar-refractivity contribution in [3.8, 4) is 0 Å². The summed E-state index contributed by atoms with van der Waals surface area (Å²) >= 11 is 0. The molecular weight excluding hydrogens is 1010 g/mol. The Kier molecular flexibility index (Phi) is 67.2. The van der Waals surface area contributed by atoms with E-state index in [1.54, 1.807) is 0 Å². The number of ether oxygens (including phenoxy) is 3. The van der Waals surface area contributed by atoms with Crippen LogP contribution in [0, 0.1) is 0 Å². The Morgan fingerprint density at radius 2 is 0.476 bits per heavy atom. The van der Waals surface area contributed by atoms with Crippen molar-refractivity contribution >= 4 is 17.9 Å². The summed E-state index contributed by atoms with van der Waals surface area (Å²) in [5.74, 6) is -0.902. The van der Waals surface area contributed by atoms with E-state index in [-0.39, 0.29) is 31.1 Å². The fourth-order valence-electron chi connectivity index (χ4n) is 10.4. The second-order valence-electron chi connectivity index (χ2n) is 23.7. The van der Waals surface area contributed by atoms with Crippen molar-refractivity contribution in [3.63, 3.8) is 0 Å². The third kappa shape index (κ3) is 67.4. The lowest BCUT2D eigenvalue weighted by molar-refractivity contribution is -0.167. The van der Waals surface area contributed by atoms with Crippen molar-refractivity contribution in [1.82, 2.24) is 0 Å². The molecule has 474 valence electrons.